The average molecular weight is 397 g/mol. The summed E-state index contributed by atoms with van der Waals surface area (Å²) in [6.07, 6.45) is -5.42. The number of halogens is 3. The highest BCUT2D eigenvalue weighted by atomic mass is 19.4. The van der Waals surface area contributed by atoms with Crippen molar-refractivity contribution >= 4 is 11.6 Å². The van der Waals surface area contributed by atoms with E-state index < -0.39 is 23.8 Å². The van der Waals surface area contributed by atoms with E-state index >= 15 is 0 Å². The Labute approximate surface area is 161 Å². The molecule has 0 aliphatic carbocycles. The number of nitrogens with one attached hydrogen (secondary N) is 1. The second kappa shape index (κ2) is 10.1. The zero-order valence-electron chi connectivity index (χ0n) is 15.6. The number of amides is 1. The van der Waals surface area contributed by atoms with E-state index in [-0.39, 0.29) is 31.3 Å². The first-order valence-electron chi connectivity index (χ1n) is 8.60. The second-order valence-electron chi connectivity index (χ2n) is 5.98. The molecule has 0 aromatic heterocycles. The number of rotatable bonds is 9. The van der Waals surface area contributed by atoms with Crippen LogP contribution in [0.2, 0.25) is 0 Å². The minimum absolute atomic E-state index is 0.0777. The van der Waals surface area contributed by atoms with Crippen molar-refractivity contribution in [2.75, 3.05) is 25.6 Å². The molecule has 0 fully saturated rings. The standard InChI is InChI=1S/C20H22F3NO4/c1-14(28-13-15-6-4-3-5-7-15)19(25)24-17-12-16(20(21,22)23)8-9-18(17)27-11-10-26-2/h3-9,12,14H,10-11,13H2,1-2H3,(H,24,25). The van der Waals surface area contributed by atoms with Gasteiger partial charge in [-0.05, 0) is 30.7 Å². The fourth-order valence-electron chi connectivity index (χ4n) is 2.27. The first-order valence-corrected chi connectivity index (χ1v) is 8.60. The van der Waals surface area contributed by atoms with Crippen LogP contribution in [0.15, 0.2) is 48.5 Å². The molecule has 152 valence electrons. The number of anilines is 1. The zero-order valence-corrected chi connectivity index (χ0v) is 15.6. The third-order valence-electron chi connectivity index (χ3n) is 3.82. The smallest absolute Gasteiger partial charge is 0.416 e. The van der Waals surface area contributed by atoms with Gasteiger partial charge in [-0.25, -0.2) is 0 Å². The highest BCUT2D eigenvalue weighted by Gasteiger charge is 2.31. The predicted molar refractivity (Wildman–Crippen MR) is 98.1 cm³/mol. The number of carbonyl (C=O) groups is 1. The maximum atomic E-state index is 13.0. The van der Waals surface area contributed by atoms with Crippen LogP contribution in [0.1, 0.15) is 18.1 Å². The summed E-state index contributed by atoms with van der Waals surface area (Å²) in [6, 6.07) is 12.1. The van der Waals surface area contributed by atoms with Crippen molar-refractivity contribution in [2.24, 2.45) is 0 Å². The van der Waals surface area contributed by atoms with E-state index in [4.69, 9.17) is 14.2 Å². The van der Waals surface area contributed by atoms with Gasteiger partial charge in [-0.15, -0.1) is 0 Å². The molecule has 0 aliphatic heterocycles. The van der Waals surface area contributed by atoms with Crippen LogP contribution in [0.3, 0.4) is 0 Å². The predicted octanol–water partition coefficient (Wildman–Crippen LogP) is 4.27. The third-order valence-corrected chi connectivity index (χ3v) is 3.82. The molecular weight excluding hydrogens is 375 g/mol. The molecule has 1 N–H and O–H groups in total. The highest BCUT2D eigenvalue weighted by molar-refractivity contribution is 5.95. The maximum absolute atomic E-state index is 13.0. The molecule has 0 bridgehead atoms. The third kappa shape index (κ3) is 6.54. The second-order valence-corrected chi connectivity index (χ2v) is 5.98. The van der Waals surface area contributed by atoms with Crippen molar-refractivity contribution in [1.29, 1.82) is 0 Å². The molecule has 0 saturated heterocycles. The summed E-state index contributed by atoms with van der Waals surface area (Å²) in [5.74, 6) is -0.458. The van der Waals surface area contributed by atoms with E-state index in [1.54, 1.807) is 0 Å². The number of methoxy groups -OCH3 is 1. The normalized spacial score (nSPS) is 12.5. The van der Waals surface area contributed by atoms with E-state index in [0.717, 1.165) is 17.7 Å². The Morgan fingerprint density at radius 1 is 1.11 bits per heavy atom. The summed E-state index contributed by atoms with van der Waals surface area (Å²) in [5.41, 5.74) is -0.0874. The molecule has 0 heterocycles. The number of hydrogen-bond donors (Lipinski definition) is 1. The van der Waals surface area contributed by atoms with E-state index in [0.29, 0.717) is 0 Å². The van der Waals surface area contributed by atoms with Gasteiger partial charge in [-0.1, -0.05) is 30.3 Å². The minimum atomic E-state index is -4.54. The van der Waals surface area contributed by atoms with E-state index in [9.17, 15) is 18.0 Å². The molecule has 1 atom stereocenters. The fraction of sp³-hybridized carbons (Fsp3) is 0.350. The number of carbonyl (C=O) groups excluding carboxylic acids is 1. The summed E-state index contributed by atoms with van der Waals surface area (Å²) >= 11 is 0. The molecule has 2 rings (SSSR count). The van der Waals surface area contributed by atoms with Crippen LogP contribution in [0.5, 0.6) is 5.75 Å². The summed E-state index contributed by atoms with van der Waals surface area (Å²) in [5, 5.41) is 2.46. The lowest BCUT2D eigenvalue weighted by Crippen LogP contribution is -2.28. The number of alkyl halides is 3. The summed E-state index contributed by atoms with van der Waals surface area (Å²) in [4.78, 5) is 12.4. The average Bonchev–Trinajstić information content (AvgIpc) is 2.67. The first kappa shape index (κ1) is 21.7. The lowest BCUT2D eigenvalue weighted by Gasteiger charge is -2.17. The Bertz CT molecular complexity index is 766. The molecule has 0 radical (unpaired) electrons. The quantitative estimate of drug-likeness (QED) is 0.642. The lowest BCUT2D eigenvalue weighted by atomic mass is 10.1. The van der Waals surface area contributed by atoms with Gasteiger partial charge in [0.25, 0.3) is 5.91 Å². The van der Waals surface area contributed by atoms with E-state index in [2.05, 4.69) is 5.32 Å². The van der Waals surface area contributed by atoms with E-state index in [1.165, 1.54) is 20.1 Å². The fourth-order valence-corrected chi connectivity index (χ4v) is 2.27. The van der Waals surface area contributed by atoms with Crippen molar-refractivity contribution in [1.82, 2.24) is 0 Å². The maximum Gasteiger partial charge on any atom is 0.416 e. The SMILES string of the molecule is COCCOc1ccc(C(F)(F)F)cc1NC(=O)C(C)OCc1ccccc1. The molecule has 1 unspecified atom stereocenters. The Morgan fingerprint density at radius 3 is 2.46 bits per heavy atom. The van der Waals surface area contributed by atoms with Crippen molar-refractivity contribution < 1.29 is 32.2 Å². The number of ether oxygens (including phenoxy) is 3. The first-order chi connectivity index (χ1) is 13.3. The van der Waals surface area contributed by atoms with E-state index in [1.807, 2.05) is 30.3 Å². The van der Waals surface area contributed by atoms with Gasteiger partial charge in [-0.3, -0.25) is 4.79 Å². The minimum Gasteiger partial charge on any atom is -0.489 e. The van der Waals surface area contributed by atoms with Crippen LogP contribution in [-0.4, -0.2) is 32.3 Å². The number of hydrogen-bond acceptors (Lipinski definition) is 4. The van der Waals surface area contributed by atoms with Gasteiger partial charge in [0.1, 0.15) is 18.5 Å². The van der Waals surface area contributed by atoms with Crippen LogP contribution < -0.4 is 10.1 Å². The van der Waals surface area contributed by atoms with Gasteiger partial charge in [-0.2, -0.15) is 13.2 Å². The summed E-state index contributed by atoms with van der Waals surface area (Å²) in [7, 11) is 1.48. The van der Waals surface area contributed by atoms with Crippen LogP contribution >= 0.6 is 0 Å². The van der Waals surface area contributed by atoms with Crippen LogP contribution in [-0.2, 0) is 27.1 Å². The molecule has 5 nitrogen and oxygen atoms in total. The van der Waals surface area contributed by atoms with Gasteiger partial charge in [0.05, 0.1) is 24.5 Å². The Balaban J connectivity index is 2.08. The van der Waals surface area contributed by atoms with Crippen molar-refractivity contribution in [3.8, 4) is 5.75 Å². The lowest BCUT2D eigenvalue weighted by molar-refractivity contribution is -0.137. The van der Waals surface area contributed by atoms with Crippen LogP contribution in [0, 0.1) is 0 Å². The van der Waals surface area contributed by atoms with Crippen molar-refractivity contribution in [3.05, 3.63) is 59.7 Å². The zero-order chi connectivity index (χ0) is 20.6. The van der Waals surface area contributed by atoms with Gasteiger partial charge >= 0.3 is 6.18 Å². The van der Waals surface area contributed by atoms with Crippen molar-refractivity contribution in [3.63, 3.8) is 0 Å². The molecule has 2 aromatic rings. The van der Waals surface area contributed by atoms with Crippen LogP contribution in [0.4, 0.5) is 18.9 Å². The monoisotopic (exact) mass is 397 g/mol. The molecule has 28 heavy (non-hydrogen) atoms. The van der Waals surface area contributed by atoms with Gasteiger partial charge < -0.3 is 19.5 Å². The van der Waals surface area contributed by atoms with Gasteiger partial charge in [0, 0.05) is 7.11 Å². The Hall–Kier alpha value is -2.58. The number of benzene rings is 2. The molecule has 2 aromatic carbocycles. The molecule has 0 aliphatic rings. The molecule has 0 spiro atoms. The van der Waals surface area contributed by atoms with Crippen molar-refractivity contribution in [2.45, 2.75) is 25.8 Å². The topological polar surface area (TPSA) is 56.8 Å². The summed E-state index contributed by atoms with van der Waals surface area (Å²) < 4.78 is 54.8. The Kier molecular flexibility index (Phi) is 7.83. The Morgan fingerprint density at radius 2 is 1.82 bits per heavy atom. The molecule has 1 amide bonds. The highest BCUT2D eigenvalue weighted by Crippen LogP contribution is 2.35. The summed E-state index contributed by atoms with van der Waals surface area (Å²) in [6.45, 7) is 2.11. The molecular formula is C20H22F3NO4. The van der Waals surface area contributed by atoms with Gasteiger partial charge in [0.2, 0.25) is 0 Å². The van der Waals surface area contributed by atoms with Gasteiger partial charge in [0.15, 0.2) is 0 Å². The van der Waals surface area contributed by atoms with Crippen LogP contribution in [0.25, 0.3) is 0 Å². The molecule has 0 saturated carbocycles. The molecule has 8 heteroatoms. The largest absolute Gasteiger partial charge is 0.489 e.